The first-order valence-corrected chi connectivity index (χ1v) is 10.6. The van der Waals surface area contributed by atoms with Gasteiger partial charge in [0.15, 0.2) is 0 Å². The van der Waals surface area contributed by atoms with E-state index in [1.165, 1.54) is 12.3 Å². The fraction of sp³-hybridized carbons (Fsp3) is 0. The highest BCUT2D eigenvalue weighted by Gasteiger charge is 2.18. The van der Waals surface area contributed by atoms with Crippen LogP contribution in [0.3, 0.4) is 0 Å². The zero-order valence-electron chi connectivity index (χ0n) is 15.4. The molecule has 0 aliphatic rings. The molecule has 3 aromatic carbocycles. The second kappa shape index (κ2) is 7.83. The zero-order valence-corrected chi connectivity index (χ0v) is 17.0. The average Bonchev–Trinajstić information content (AvgIpc) is 2.73. The number of anilines is 1. The first-order valence-electron chi connectivity index (χ1n) is 8.75. The van der Waals surface area contributed by atoms with Crippen LogP contribution in [0.4, 0.5) is 17.1 Å². The lowest BCUT2D eigenvalue weighted by molar-refractivity contribution is 0.484. The Morgan fingerprint density at radius 3 is 2.27 bits per heavy atom. The van der Waals surface area contributed by atoms with E-state index in [1.807, 2.05) is 12.1 Å². The van der Waals surface area contributed by atoms with Crippen LogP contribution in [0.5, 0.6) is 0 Å². The topological polar surface area (TPSA) is 118 Å². The molecular weight excluding hydrogens is 424 g/mol. The lowest BCUT2D eigenvalue weighted by Crippen LogP contribution is -2.01. The fourth-order valence-electron chi connectivity index (χ4n) is 2.99. The van der Waals surface area contributed by atoms with Gasteiger partial charge in [-0.1, -0.05) is 48.0 Å². The first kappa shape index (κ1) is 20.0. The Morgan fingerprint density at radius 2 is 1.63 bits per heavy atom. The van der Waals surface area contributed by atoms with Crippen LogP contribution in [0, 0.1) is 0 Å². The molecule has 0 fully saturated rings. The largest absolute Gasteiger partial charge is 0.396 e. The van der Waals surface area contributed by atoms with Crippen LogP contribution < -0.4 is 5.73 Å². The molecule has 0 unspecified atom stereocenters. The van der Waals surface area contributed by atoms with Crippen molar-refractivity contribution >= 4 is 49.6 Å². The molecule has 150 valence electrons. The molecule has 7 nitrogen and oxygen atoms in total. The normalized spacial score (nSPS) is 11.9. The number of nitrogen functional groups attached to an aromatic ring is 1. The number of nitrogens with two attached hydrogens (primary N) is 1. The third kappa shape index (κ3) is 4.02. The predicted octanol–water partition coefficient (Wildman–Crippen LogP) is 5.80. The number of rotatable bonds is 4. The number of azo groups is 1. The number of benzene rings is 3. The number of fused-ring (bicyclic) bond motifs is 1. The molecule has 0 atom stereocenters. The lowest BCUT2D eigenvalue weighted by atomic mass is 10.1. The van der Waals surface area contributed by atoms with E-state index in [4.69, 9.17) is 17.3 Å². The molecule has 1 aromatic heterocycles. The van der Waals surface area contributed by atoms with Crippen molar-refractivity contribution in [1.82, 2.24) is 4.98 Å². The van der Waals surface area contributed by atoms with E-state index >= 15 is 0 Å². The Morgan fingerprint density at radius 1 is 0.933 bits per heavy atom. The summed E-state index contributed by atoms with van der Waals surface area (Å²) in [6, 6.07) is 18.6. The van der Waals surface area contributed by atoms with Gasteiger partial charge in [-0.3, -0.25) is 9.54 Å². The monoisotopic (exact) mass is 438 g/mol. The summed E-state index contributed by atoms with van der Waals surface area (Å²) in [4.78, 5) is 4.08. The maximum atomic E-state index is 11.8. The van der Waals surface area contributed by atoms with E-state index in [-0.39, 0.29) is 16.3 Å². The summed E-state index contributed by atoms with van der Waals surface area (Å²) >= 11 is 5.90. The van der Waals surface area contributed by atoms with Crippen molar-refractivity contribution in [2.45, 2.75) is 4.90 Å². The van der Waals surface area contributed by atoms with Crippen molar-refractivity contribution in [1.29, 1.82) is 0 Å². The molecule has 0 spiro atoms. The number of halogens is 1. The minimum atomic E-state index is -4.47. The summed E-state index contributed by atoms with van der Waals surface area (Å²) in [6.07, 6.45) is 1.54. The molecule has 4 rings (SSSR count). The van der Waals surface area contributed by atoms with Gasteiger partial charge in [-0.2, -0.15) is 8.42 Å². The van der Waals surface area contributed by atoms with Gasteiger partial charge in [-0.25, -0.2) is 0 Å². The third-order valence-electron chi connectivity index (χ3n) is 4.47. The number of aromatic nitrogens is 1. The van der Waals surface area contributed by atoms with Crippen LogP contribution in [0.25, 0.3) is 22.0 Å². The van der Waals surface area contributed by atoms with E-state index in [0.29, 0.717) is 21.5 Å². The molecule has 0 amide bonds. The number of pyridine rings is 1. The van der Waals surface area contributed by atoms with Gasteiger partial charge < -0.3 is 5.73 Å². The van der Waals surface area contributed by atoms with Crippen molar-refractivity contribution in [3.63, 3.8) is 0 Å². The van der Waals surface area contributed by atoms with Gasteiger partial charge in [0.2, 0.25) is 0 Å². The van der Waals surface area contributed by atoms with Crippen LogP contribution in [-0.4, -0.2) is 18.0 Å². The van der Waals surface area contributed by atoms with E-state index in [2.05, 4.69) is 15.2 Å². The predicted molar refractivity (Wildman–Crippen MR) is 117 cm³/mol. The van der Waals surface area contributed by atoms with E-state index in [1.54, 1.807) is 48.5 Å². The minimum Gasteiger partial charge on any atom is -0.396 e. The molecule has 0 aliphatic heterocycles. The van der Waals surface area contributed by atoms with Gasteiger partial charge >= 0.3 is 0 Å². The summed E-state index contributed by atoms with van der Waals surface area (Å²) in [6.45, 7) is 0. The molecule has 0 bridgehead atoms. The fourth-order valence-corrected chi connectivity index (χ4v) is 3.84. The first-order chi connectivity index (χ1) is 14.3. The van der Waals surface area contributed by atoms with Crippen LogP contribution >= 0.6 is 11.6 Å². The standard InChI is InChI=1S/C21H15ClN4O3S/c22-14-7-5-13(6-8-14)18-10-9-15(12-24-18)25-26-19-11-20(30(27,28)29)16-3-1-2-4-17(16)21(19)23/h1-12H,23H2,(H,27,28,29). The highest BCUT2D eigenvalue weighted by atomic mass is 35.5. The Kier molecular flexibility index (Phi) is 5.21. The maximum Gasteiger partial charge on any atom is 0.295 e. The van der Waals surface area contributed by atoms with Crippen molar-refractivity contribution < 1.29 is 13.0 Å². The quantitative estimate of drug-likeness (QED) is 0.237. The van der Waals surface area contributed by atoms with E-state index < -0.39 is 10.1 Å². The van der Waals surface area contributed by atoms with Gasteiger partial charge in [0, 0.05) is 21.4 Å². The van der Waals surface area contributed by atoms with Crippen LogP contribution in [0.2, 0.25) is 5.02 Å². The van der Waals surface area contributed by atoms with Gasteiger partial charge in [0.25, 0.3) is 10.1 Å². The summed E-state index contributed by atoms with van der Waals surface area (Å²) in [5.74, 6) is 0. The molecule has 0 saturated heterocycles. The second-order valence-corrected chi connectivity index (χ2v) is 8.26. The zero-order chi connectivity index (χ0) is 21.3. The molecule has 1 heterocycles. The third-order valence-corrected chi connectivity index (χ3v) is 5.61. The van der Waals surface area contributed by atoms with Gasteiger partial charge in [0.05, 0.1) is 17.6 Å². The lowest BCUT2D eigenvalue weighted by Gasteiger charge is -2.09. The minimum absolute atomic E-state index is 0.128. The smallest absolute Gasteiger partial charge is 0.295 e. The van der Waals surface area contributed by atoms with Crippen molar-refractivity contribution in [3.8, 4) is 11.3 Å². The van der Waals surface area contributed by atoms with Crippen LogP contribution in [0.15, 0.2) is 88.1 Å². The number of hydrogen-bond donors (Lipinski definition) is 2. The molecule has 9 heteroatoms. The molecule has 0 saturated carbocycles. The highest BCUT2D eigenvalue weighted by Crippen LogP contribution is 2.36. The Labute approximate surface area is 177 Å². The van der Waals surface area contributed by atoms with Gasteiger partial charge in [-0.05, 0) is 30.3 Å². The molecule has 3 N–H and O–H groups in total. The van der Waals surface area contributed by atoms with Gasteiger partial charge in [-0.15, -0.1) is 10.2 Å². The molecule has 0 radical (unpaired) electrons. The number of hydrogen-bond acceptors (Lipinski definition) is 6. The molecule has 0 aliphatic carbocycles. The summed E-state index contributed by atoms with van der Waals surface area (Å²) in [5.41, 5.74) is 8.63. The Hall–Kier alpha value is -3.33. The van der Waals surface area contributed by atoms with Crippen LogP contribution in [0.1, 0.15) is 0 Å². The molecule has 4 aromatic rings. The SMILES string of the molecule is Nc1c(N=Nc2ccc(-c3ccc(Cl)cc3)nc2)cc(S(=O)(=O)O)c2ccccc12. The highest BCUT2D eigenvalue weighted by molar-refractivity contribution is 7.86. The van der Waals surface area contributed by atoms with Gasteiger partial charge in [0.1, 0.15) is 16.3 Å². The average molecular weight is 439 g/mol. The van der Waals surface area contributed by atoms with Crippen molar-refractivity contribution in [3.05, 3.63) is 77.9 Å². The number of nitrogens with zero attached hydrogens (tertiary/aromatic N) is 3. The second-order valence-electron chi connectivity index (χ2n) is 6.44. The summed E-state index contributed by atoms with van der Waals surface area (Å²) in [5, 5.41) is 9.59. The van der Waals surface area contributed by atoms with E-state index in [9.17, 15) is 13.0 Å². The van der Waals surface area contributed by atoms with Crippen LogP contribution in [-0.2, 0) is 10.1 Å². The molecular formula is C21H15ClN4O3S. The maximum absolute atomic E-state index is 11.8. The molecule has 30 heavy (non-hydrogen) atoms. The van der Waals surface area contributed by atoms with E-state index in [0.717, 1.165) is 11.3 Å². The summed E-state index contributed by atoms with van der Waals surface area (Å²) < 4.78 is 33.2. The van der Waals surface area contributed by atoms with Crippen molar-refractivity contribution in [2.75, 3.05) is 5.73 Å². The Balaban J connectivity index is 1.70. The summed E-state index contributed by atoms with van der Waals surface area (Å²) in [7, 11) is -4.47. The Bertz CT molecular complexity index is 1370. The van der Waals surface area contributed by atoms with Crippen molar-refractivity contribution in [2.24, 2.45) is 10.2 Å².